The molecule has 0 saturated heterocycles. The van der Waals surface area contributed by atoms with E-state index in [4.69, 9.17) is 0 Å². The predicted molar refractivity (Wildman–Crippen MR) is 108 cm³/mol. The lowest BCUT2D eigenvalue weighted by molar-refractivity contribution is -0.142. The summed E-state index contributed by atoms with van der Waals surface area (Å²) in [6.07, 6.45) is -2.55. The maximum absolute atomic E-state index is 14.5. The molecular formula is C25H17F7. The normalized spacial score (nSPS) is 11.2. The maximum atomic E-state index is 14.5. The number of unbranched alkanes of at least 4 members (excludes halogenated alkanes) is 1. The quantitative estimate of drug-likeness (QED) is 0.283. The van der Waals surface area contributed by atoms with Gasteiger partial charge >= 0.3 is 6.18 Å². The van der Waals surface area contributed by atoms with Gasteiger partial charge in [0.1, 0.15) is 28.8 Å². The molecule has 0 aliphatic heterocycles. The minimum absolute atomic E-state index is 0.126. The van der Waals surface area contributed by atoms with Crippen molar-refractivity contribution >= 4 is 0 Å². The lowest BCUT2D eigenvalue weighted by Crippen LogP contribution is -2.11. The average molecular weight is 450 g/mol. The molecule has 0 spiro atoms. The molecule has 3 aromatic carbocycles. The highest BCUT2D eigenvalue weighted by Gasteiger charge is 2.38. The van der Waals surface area contributed by atoms with Gasteiger partial charge in [0.2, 0.25) is 0 Å². The Balaban J connectivity index is 1.88. The lowest BCUT2D eigenvalue weighted by Gasteiger charge is -2.11. The van der Waals surface area contributed by atoms with Gasteiger partial charge in [0.05, 0.1) is 5.56 Å². The smallest absolute Gasteiger partial charge is 0.206 e. The number of aryl methyl sites for hydroxylation is 1. The molecule has 3 aromatic rings. The Labute approximate surface area is 180 Å². The van der Waals surface area contributed by atoms with Crippen LogP contribution in [0.15, 0.2) is 48.5 Å². The van der Waals surface area contributed by atoms with Crippen LogP contribution in [0.4, 0.5) is 30.7 Å². The molecule has 0 N–H and O–H groups in total. The van der Waals surface area contributed by atoms with Crippen LogP contribution in [-0.2, 0) is 12.6 Å². The van der Waals surface area contributed by atoms with Gasteiger partial charge in [-0.05, 0) is 60.4 Å². The first-order valence-electron chi connectivity index (χ1n) is 9.76. The molecule has 0 saturated carbocycles. The summed E-state index contributed by atoms with van der Waals surface area (Å²) in [7, 11) is 0. The first kappa shape index (κ1) is 23.4. The highest BCUT2D eigenvalue weighted by molar-refractivity contribution is 5.66. The summed E-state index contributed by atoms with van der Waals surface area (Å²) in [6, 6.07) is 8.97. The fourth-order valence-corrected chi connectivity index (χ4v) is 3.16. The monoisotopic (exact) mass is 450 g/mol. The second kappa shape index (κ2) is 9.47. The van der Waals surface area contributed by atoms with Gasteiger partial charge in [-0.3, -0.25) is 0 Å². The highest BCUT2D eigenvalue weighted by atomic mass is 19.4. The zero-order valence-electron chi connectivity index (χ0n) is 16.9. The summed E-state index contributed by atoms with van der Waals surface area (Å²) >= 11 is 0. The second-order valence-electron chi connectivity index (χ2n) is 7.18. The molecule has 0 radical (unpaired) electrons. The number of rotatable bonds is 4. The Kier molecular flexibility index (Phi) is 6.93. The van der Waals surface area contributed by atoms with Crippen LogP contribution in [0.2, 0.25) is 0 Å². The zero-order valence-corrected chi connectivity index (χ0v) is 16.9. The summed E-state index contributed by atoms with van der Waals surface area (Å²) in [6.45, 7) is 2.03. The van der Waals surface area contributed by atoms with E-state index < -0.39 is 40.6 Å². The Morgan fingerprint density at radius 3 is 2.00 bits per heavy atom. The molecule has 32 heavy (non-hydrogen) atoms. The minimum atomic E-state index is -5.21. The van der Waals surface area contributed by atoms with E-state index in [0.717, 1.165) is 37.0 Å². The van der Waals surface area contributed by atoms with E-state index in [-0.39, 0.29) is 16.7 Å². The van der Waals surface area contributed by atoms with E-state index in [9.17, 15) is 30.7 Å². The highest BCUT2D eigenvalue weighted by Crippen LogP contribution is 2.36. The van der Waals surface area contributed by atoms with Gasteiger partial charge < -0.3 is 0 Å². The van der Waals surface area contributed by atoms with Crippen molar-refractivity contribution in [2.45, 2.75) is 32.4 Å². The third kappa shape index (κ3) is 5.31. The van der Waals surface area contributed by atoms with Crippen LogP contribution in [0.1, 0.15) is 42.0 Å². The number of hydrogen-bond donors (Lipinski definition) is 0. The number of hydrogen-bond acceptors (Lipinski definition) is 0. The number of halogens is 7. The van der Waals surface area contributed by atoms with Crippen LogP contribution in [0, 0.1) is 35.1 Å². The van der Waals surface area contributed by atoms with Crippen molar-refractivity contribution in [2.75, 3.05) is 0 Å². The SMILES string of the molecule is CCCCc1ccc(C#Cc2ccc(-c3cc(F)c(C(F)(F)F)c(F)c3)c(F)c2)c(F)c1. The molecule has 0 fully saturated rings. The zero-order chi connectivity index (χ0) is 23.5. The van der Waals surface area contributed by atoms with Gasteiger partial charge in [0, 0.05) is 11.1 Å². The summed E-state index contributed by atoms with van der Waals surface area (Å²) in [4.78, 5) is 0. The molecule has 3 rings (SSSR count). The van der Waals surface area contributed by atoms with Crippen molar-refractivity contribution in [3.63, 3.8) is 0 Å². The van der Waals surface area contributed by atoms with E-state index in [1.54, 1.807) is 6.07 Å². The molecule has 0 aliphatic carbocycles. The van der Waals surface area contributed by atoms with Crippen LogP contribution in [-0.4, -0.2) is 0 Å². The maximum Gasteiger partial charge on any atom is 0.422 e. The van der Waals surface area contributed by atoms with E-state index in [1.165, 1.54) is 18.2 Å². The van der Waals surface area contributed by atoms with Crippen molar-refractivity contribution in [1.82, 2.24) is 0 Å². The van der Waals surface area contributed by atoms with Crippen molar-refractivity contribution in [3.8, 4) is 23.0 Å². The lowest BCUT2D eigenvalue weighted by atomic mass is 10.0. The fraction of sp³-hybridized carbons (Fsp3) is 0.200. The van der Waals surface area contributed by atoms with Gasteiger partial charge in [-0.25, -0.2) is 17.6 Å². The van der Waals surface area contributed by atoms with Crippen molar-refractivity contribution in [2.24, 2.45) is 0 Å². The summed E-state index contributed by atoms with van der Waals surface area (Å²) in [5, 5.41) is 0. The van der Waals surface area contributed by atoms with Gasteiger partial charge in [-0.1, -0.05) is 37.3 Å². The van der Waals surface area contributed by atoms with Gasteiger partial charge in [-0.15, -0.1) is 0 Å². The first-order chi connectivity index (χ1) is 15.1. The van der Waals surface area contributed by atoms with Crippen molar-refractivity contribution in [1.29, 1.82) is 0 Å². The Bertz CT molecular complexity index is 1170. The topological polar surface area (TPSA) is 0 Å². The van der Waals surface area contributed by atoms with Crippen LogP contribution in [0.25, 0.3) is 11.1 Å². The largest absolute Gasteiger partial charge is 0.422 e. The first-order valence-corrected chi connectivity index (χ1v) is 9.76. The predicted octanol–water partition coefficient (Wildman–Crippen LogP) is 7.67. The van der Waals surface area contributed by atoms with Crippen LogP contribution >= 0.6 is 0 Å². The Hall–Kier alpha value is -3.27. The molecule has 0 amide bonds. The van der Waals surface area contributed by atoms with Crippen molar-refractivity contribution < 1.29 is 30.7 Å². The summed E-state index contributed by atoms with van der Waals surface area (Å²) in [5.74, 6) is 0.0948. The van der Waals surface area contributed by atoms with E-state index in [1.807, 2.05) is 6.92 Å². The van der Waals surface area contributed by atoms with Crippen LogP contribution in [0.3, 0.4) is 0 Å². The standard InChI is InChI=1S/C25H17F7/c1-2-3-4-15-5-8-17(20(26)11-15)9-6-16-7-10-19(21(27)12-16)18-13-22(28)24(23(29)14-18)25(30,31)32/h5,7-8,10-14H,2-4H2,1H3. The Morgan fingerprint density at radius 2 is 1.44 bits per heavy atom. The molecule has 166 valence electrons. The number of benzene rings is 3. The molecule has 0 unspecified atom stereocenters. The van der Waals surface area contributed by atoms with Gasteiger partial charge in [-0.2, -0.15) is 13.2 Å². The van der Waals surface area contributed by atoms with Crippen LogP contribution in [0.5, 0.6) is 0 Å². The minimum Gasteiger partial charge on any atom is -0.206 e. The molecule has 0 heterocycles. The van der Waals surface area contributed by atoms with E-state index >= 15 is 0 Å². The molecule has 7 heteroatoms. The third-order valence-corrected chi connectivity index (χ3v) is 4.80. The average Bonchev–Trinajstić information content (AvgIpc) is 2.70. The summed E-state index contributed by atoms with van der Waals surface area (Å²) in [5.41, 5.74) is -1.59. The molecule has 0 aliphatic rings. The molecule has 0 bridgehead atoms. The second-order valence-corrected chi connectivity index (χ2v) is 7.18. The third-order valence-electron chi connectivity index (χ3n) is 4.80. The Morgan fingerprint density at radius 1 is 0.750 bits per heavy atom. The summed E-state index contributed by atoms with van der Waals surface area (Å²) < 4.78 is 94.5. The number of alkyl halides is 3. The fourth-order valence-electron chi connectivity index (χ4n) is 3.16. The molecule has 0 nitrogen and oxygen atoms in total. The van der Waals surface area contributed by atoms with Crippen LogP contribution < -0.4 is 0 Å². The molecule has 0 atom stereocenters. The van der Waals surface area contributed by atoms with Gasteiger partial charge in [0.15, 0.2) is 0 Å². The molecule has 0 aromatic heterocycles. The van der Waals surface area contributed by atoms with Gasteiger partial charge in [0.25, 0.3) is 0 Å². The van der Waals surface area contributed by atoms with Crippen molar-refractivity contribution in [3.05, 3.63) is 94.1 Å². The molecular weight excluding hydrogens is 433 g/mol. The van der Waals surface area contributed by atoms with E-state index in [2.05, 4.69) is 11.8 Å². The van der Waals surface area contributed by atoms with E-state index in [0.29, 0.717) is 12.1 Å².